The molecule has 0 fully saturated rings. The number of hydrogen-bond acceptors (Lipinski definition) is 3. The Balaban J connectivity index is 2.35. The summed E-state index contributed by atoms with van der Waals surface area (Å²) in [5, 5.41) is 9.09. The topological polar surface area (TPSA) is 66.0 Å². The molecule has 1 heterocycles. The number of ketones is 1. The van der Waals surface area contributed by atoms with Crippen LogP contribution in [0.15, 0.2) is 49.0 Å². The third kappa shape index (κ3) is 1.86. The van der Waals surface area contributed by atoms with E-state index in [4.69, 9.17) is 5.11 Å². The number of carbonyl (C=O) groups excluding carboxylic acids is 1. The largest absolute Gasteiger partial charge is 0.515 e. The van der Waals surface area contributed by atoms with Crippen molar-refractivity contribution in [3.05, 3.63) is 60.4 Å². The molecule has 16 heavy (non-hydrogen) atoms. The zero-order chi connectivity index (χ0) is 11.4. The molecule has 0 atom stereocenters. The van der Waals surface area contributed by atoms with E-state index in [0.717, 1.165) is 6.26 Å². The van der Waals surface area contributed by atoms with Gasteiger partial charge in [0.15, 0.2) is 5.78 Å². The number of allylic oxidation sites excluding steroid dienone is 1. The quantitative estimate of drug-likeness (QED) is 0.467. The maximum absolute atomic E-state index is 12.0. The zero-order valence-corrected chi connectivity index (χ0v) is 8.42. The molecule has 0 aliphatic carbocycles. The summed E-state index contributed by atoms with van der Waals surface area (Å²) < 4.78 is 0. The van der Waals surface area contributed by atoms with Gasteiger partial charge >= 0.3 is 0 Å². The average molecular weight is 214 g/mol. The van der Waals surface area contributed by atoms with Gasteiger partial charge in [-0.3, -0.25) is 4.79 Å². The van der Waals surface area contributed by atoms with Gasteiger partial charge in [-0.25, -0.2) is 4.98 Å². The molecule has 0 aliphatic heterocycles. The summed E-state index contributed by atoms with van der Waals surface area (Å²) in [5.74, 6) is 0.0920. The third-order valence-corrected chi connectivity index (χ3v) is 2.16. The minimum absolute atomic E-state index is 0.149. The number of benzene rings is 1. The maximum Gasteiger partial charge on any atom is 0.199 e. The lowest BCUT2D eigenvalue weighted by Gasteiger charge is -2.01. The van der Waals surface area contributed by atoms with Crippen molar-refractivity contribution >= 4 is 11.4 Å². The highest BCUT2D eigenvalue weighted by Gasteiger charge is 2.15. The summed E-state index contributed by atoms with van der Waals surface area (Å²) in [4.78, 5) is 18.7. The van der Waals surface area contributed by atoms with Gasteiger partial charge in [-0.15, -0.1) is 0 Å². The molecule has 2 aromatic rings. The van der Waals surface area contributed by atoms with E-state index in [1.54, 1.807) is 30.5 Å². The Morgan fingerprint density at radius 1 is 1.31 bits per heavy atom. The monoisotopic (exact) mass is 214 g/mol. The predicted octanol–water partition coefficient (Wildman–Crippen LogP) is 2.19. The number of nitrogens with zero attached hydrogens (tertiary/aromatic N) is 1. The number of aromatic amines is 1. The van der Waals surface area contributed by atoms with Gasteiger partial charge in [-0.05, 0) is 0 Å². The SMILES string of the molecule is O=C(/C(=C/O)c1ncc[nH]1)c1ccccc1. The maximum atomic E-state index is 12.0. The van der Waals surface area contributed by atoms with Crippen LogP contribution in [0.2, 0.25) is 0 Å². The van der Waals surface area contributed by atoms with E-state index in [2.05, 4.69) is 9.97 Å². The van der Waals surface area contributed by atoms with Crippen LogP contribution in [0.1, 0.15) is 16.2 Å². The van der Waals surface area contributed by atoms with Crippen LogP contribution in [0.5, 0.6) is 0 Å². The fourth-order valence-electron chi connectivity index (χ4n) is 1.38. The second kappa shape index (κ2) is 4.44. The van der Waals surface area contributed by atoms with Crippen LogP contribution >= 0.6 is 0 Å². The molecule has 2 N–H and O–H groups in total. The molecule has 0 bridgehead atoms. The number of aromatic nitrogens is 2. The average Bonchev–Trinajstić information content (AvgIpc) is 2.85. The van der Waals surface area contributed by atoms with Gasteiger partial charge in [0.05, 0.1) is 11.8 Å². The minimum Gasteiger partial charge on any atom is -0.515 e. The molecule has 1 aromatic heterocycles. The third-order valence-electron chi connectivity index (χ3n) is 2.16. The van der Waals surface area contributed by atoms with E-state index >= 15 is 0 Å². The Hall–Kier alpha value is -2.36. The van der Waals surface area contributed by atoms with Crippen LogP contribution in [0, 0.1) is 0 Å². The number of H-pyrrole nitrogens is 1. The van der Waals surface area contributed by atoms with Crippen LogP contribution in [0.3, 0.4) is 0 Å². The first-order valence-electron chi connectivity index (χ1n) is 4.77. The summed E-state index contributed by atoms with van der Waals surface area (Å²) >= 11 is 0. The lowest BCUT2D eigenvalue weighted by Crippen LogP contribution is -2.04. The van der Waals surface area contributed by atoms with Crippen molar-refractivity contribution in [1.82, 2.24) is 9.97 Å². The van der Waals surface area contributed by atoms with Crippen molar-refractivity contribution in [2.75, 3.05) is 0 Å². The number of aliphatic hydroxyl groups is 1. The number of rotatable bonds is 3. The molecule has 0 unspecified atom stereocenters. The molecule has 0 radical (unpaired) electrons. The number of imidazole rings is 1. The molecule has 4 nitrogen and oxygen atoms in total. The minimum atomic E-state index is -0.266. The Morgan fingerprint density at radius 2 is 2.06 bits per heavy atom. The number of hydrogen-bond donors (Lipinski definition) is 2. The van der Waals surface area contributed by atoms with Gasteiger partial charge in [0.2, 0.25) is 0 Å². The normalized spacial score (nSPS) is 11.4. The lowest BCUT2D eigenvalue weighted by molar-refractivity contribution is 0.105. The Labute approximate surface area is 92.3 Å². The van der Waals surface area contributed by atoms with Crippen molar-refractivity contribution in [3.8, 4) is 0 Å². The molecule has 2 rings (SSSR count). The first kappa shape index (κ1) is 10.2. The standard InChI is InChI=1S/C12H10N2O2/c15-8-10(12-13-6-7-14-12)11(16)9-4-2-1-3-5-9/h1-8,15H,(H,13,14)/b10-8-. The molecular weight excluding hydrogens is 204 g/mol. The van der Waals surface area contributed by atoms with E-state index < -0.39 is 0 Å². The van der Waals surface area contributed by atoms with Crippen molar-refractivity contribution in [3.63, 3.8) is 0 Å². The Bertz CT molecular complexity index is 501. The molecule has 0 saturated heterocycles. The Morgan fingerprint density at radius 3 is 2.62 bits per heavy atom. The molecule has 0 spiro atoms. The highest BCUT2D eigenvalue weighted by Crippen LogP contribution is 2.15. The first-order chi connectivity index (χ1) is 7.83. The second-order valence-corrected chi connectivity index (χ2v) is 3.18. The number of aliphatic hydroxyl groups excluding tert-OH is 1. The zero-order valence-electron chi connectivity index (χ0n) is 8.42. The van der Waals surface area contributed by atoms with Gasteiger partial charge in [0.25, 0.3) is 0 Å². The molecule has 0 aliphatic rings. The summed E-state index contributed by atoms with van der Waals surface area (Å²) in [7, 11) is 0. The van der Waals surface area contributed by atoms with E-state index in [1.807, 2.05) is 6.07 Å². The van der Waals surface area contributed by atoms with Crippen LogP contribution in [0.4, 0.5) is 0 Å². The second-order valence-electron chi connectivity index (χ2n) is 3.18. The van der Waals surface area contributed by atoms with E-state index in [0.29, 0.717) is 11.4 Å². The van der Waals surface area contributed by atoms with Crippen LogP contribution in [-0.4, -0.2) is 20.9 Å². The van der Waals surface area contributed by atoms with Crippen LogP contribution in [-0.2, 0) is 0 Å². The van der Waals surface area contributed by atoms with Crippen molar-refractivity contribution in [2.24, 2.45) is 0 Å². The summed E-state index contributed by atoms with van der Waals surface area (Å²) in [6, 6.07) is 8.74. The fraction of sp³-hybridized carbons (Fsp3) is 0. The summed E-state index contributed by atoms with van der Waals surface area (Å²) in [6.45, 7) is 0. The molecular formula is C12H10N2O2. The van der Waals surface area contributed by atoms with E-state index in [-0.39, 0.29) is 11.4 Å². The Kier molecular flexibility index (Phi) is 2.82. The molecule has 0 amide bonds. The lowest BCUT2D eigenvalue weighted by atomic mass is 10.0. The first-order valence-corrected chi connectivity index (χ1v) is 4.77. The van der Waals surface area contributed by atoms with Crippen LogP contribution < -0.4 is 0 Å². The van der Waals surface area contributed by atoms with Gasteiger partial charge in [-0.2, -0.15) is 0 Å². The summed E-state index contributed by atoms with van der Waals surface area (Å²) in [5.41, 5.74) is 0.662. The molecule has 0 saturated carbocycles. The molecule has 4 heteroatoms. The van der Waals surface area contributed by atoms with E-state index in [1.165, 1.54) is 6.20 Å². The number of Topliss-reactive ketones (excluding diaryl/α,β-unsaturated/α-hetero) is 1. The van der Waals surface area contributed by atoms with Gasteiger partial charge < -0.3 is 10.1 Å². The fourth-order valence-corrected chi connectivity index (χ4v) is 1.38. The highest BCUT2D eigenvalue weighted by atomic mass is 16.2. The molecule has 80 valence electrons. The number of nitrogens with one attached hydrogen (secondary N) is 1. The summed E-state index contributed by atoms with van der Waals surface area (Å²) in [6.07, 6.45) is 3.89. The number of carbonyl (C=O) groups is 1. The van der Waals surface area contributed by atoms with Gasteiger partial charge in [0.1, 0.15) is 5.82 Å². The van der Waals surface area contributed by atoms with Gasteiger partial charge in [0, 0.05) is 18.0 Å². The highest BCUT2D eigenvalue weighted by molar-refractivity contribution is 6.27. The van der Waals surface area contributed by atoms with Crippen molar-refractivity contribution in [1.29, 1.82) is 0 Å². The van der Waals surface area contributed by atoms with Crippen molar-refractivity contribution < 1.29 is 9.90 Å². The van der Waals surface area contributed by atoms with Crippen LogP contribution in [0.25, 0.3) is 5.57 Å². The van der Waals surface area contributed by atoms with Crippen molar-refractivity contribution in [2.45, 2.75) is 0 Å². The smallest absolute Gasteiger partial charge is 0.199 e. The van der Waals surface area contributed by atoms with Gasteiger partial charge in [-0.1, -0.05) is 30.3 Å². The predicted molar refractivity (Wildman–Crippen MR) is 60.0 cm³/mol. The van der Waals surface area contributed by atoms with E-state index in [9.17, 15) is 4.79 Å². The molecule has 1 aromatic carbocycles.